The normalized spacial score (nSPS) is 24.0. The van der Waals surface area contributed by atoms with E-state index in [0.717, 1.165) is 50.9 Å². The van der Waals surface area contributed by atoms with E-state index in [2.05, 4.69) is 45.7 Å². The monoisotopic (exact) mass is 286 g/mol. The third-order valence-corrected chi connectivity index (χ3v) is 4.77. The first-order valence-corrected chi connectivity index (χ1v) is 7.81. The third kappa shape index (κ3) is 2.30. The minimum atomic E-state index is 0.647. The number of hydrogen-bond donors (Lipinski definition) is 0. The number of para-hydroxylation sites is 2. The quantitative estimate of drug-likeness (QED) is 0.837. The van der Waals surface area contributed by atoms with Gasteiger partial charge in [-0.1, -0.05) is 12.1 Å². The van der Waals surface area contributed by atoms with E-state index in [9.17, 15) is 0 Å². The number of nitrogens with zero attached hydrogens (tertiary/aromatic N) is 4. The van der Waals surface area contributed by atoms with Crippen LogP contribution in [-0.2, 0) is 11.8 Å². The molecule has 4 rings (SSSR count). The largest absolute Gasteiger partial charge is 0.379 e. The average Bonchev–Trinajstić information content (AvgIpc) is 3.14. The SMILES string of the molecule is Cn1c(N2CCC(N3CCOCC3)C2)nc2ccccc21. The Kier molecular flexibility index (Phi) is 3.31. The second-order valence-electron chi connectivity index (χ2n) is 6.00. The van der Waals surface area contributed by atoms with Gasteiger partial charge in [0.25, 0.3) is 0 Å². The summed E-state index contributed by atoms with van der Waals surface area (Å²) in [5, 5.41) is 0. The maximum Gasteiger partial charge on any atom is 0.206 e. The van der Waals surface area contributed by atoms with Crippen molar-refractivity contribution in [1.82, 2.24) is 14.5 Å². The summed E-state index contributed by atoms with van der Waals surface area (Å²) in [5.41, 5.74) is 2.30. The van der Waals surface area contributed by atoms with Gasteiger partial charge in [-0.3, -0.25) is 4.90 Å². The van der Waals surface area contributed by atoms with Crippen LogP contribution in [0.5, 0.6) is 0 Å². The van der Waals surface area contributed by atoms with Crippen LogP contribution < -0.4 is 4.90 Å². The van der Waals surface area contributed by atoms with Crippen LogP contribution in [0.2, 0.25) is 0 Å². The Morgan fingerprint density at radius 2 is 1.95 bits per heavy atom. The van der Waals surface area contributed by atoms with Gasteiger partial charge in [-0.25, -0.2) is 4.98 Å². The number of aryl methyl sites for hydroxylation is 1. The highest BCUT2D eigenvalue weighted by molar-refractivity contribution is 5.78. The van der Waals surface area contributed by atoms with E-state index in [4.69, 9.17) is 9.72 Å². The van der Waals surface area contributed by atoms with Crippen LogP contribution >= 0.6 is 0 Å². The van der Waals surface area contributed by atoms with Gasteiger partial charge in [0.1, 0.15) is 0 Å². The summed E-state index contributed by atoms with van der Waals surface area (Å²) in [6.07, 6.45) is 1.23. The van der Waals surface area contributed by atoms with Crippen LogP contribution in [-0.4, -0.2) is 59.9 Å². The van der Waals surface area contributed by atoms with Gasteiger partial charge in [-0.15, -0.1) is 0 Å². The fraction of sp³-hybridized carbons (Fsp3) is 0.562. The highest BCUT2D eigenvalue weighted by Crippen LogP contribution is 2.26. The molecule has 1 aromatic carbocycles. The number of rotatable bonds is 2. The Balaban J connectivity index is 1.55. The van der Waals surface area contributed by atoms with Crippen LogP contribution in [0.3, 0.4) is 0 Å². The van der Waals surface area contributed by atoms with Crippen molar-refractivity contribution in [2.45, 2.75) is 12.5 Å². The summed E-state index contributed by atoms with van der Waals surface area (Å²) >= 11 is 0. The molecule has 1 atom stereocenters. The first-order chi connectivity index (χ1) is 10.3. The predicted molar refractivity (Wildman–Crippen MR) is 83.7 cm³/mol. The van der Waals surface area contributed by atoms with Gasteiger partial charge in [-0.2, -0.15) is 0 Å². The van der Waals surface area contributed by atoms with Crippen molar-refractivity contribution in [2.75, 3.05) is 44.3 Å². The Bertz CT molecular complexity index is 632. The Morgan fingerprint density at radius 1 is 1.14 bits per heavy atom. The average molecular weight is 286 g/mol. The van der Waals surface area contributed by atoms with E-state index < -0.39 is 0 Å². The molecule has 0 radical (unpaired) electrons. The summed E-state index contributed by atoms with van der Waals surface area (Å²) in [6.45, 7) is 6.07. The zero-order chi connectivity index (χ0) is 14.2. The van der Waals surface area contributed by atoms with Crippen LogP contribution in [0.1, 0.15) is 6.42 Å². The fourth-order valence-corrected chi connectivity index (χ4v) is 3.58. The van der Waals surface area contributed by atoms with Crippen molar-refractivity contribution < 1.29 is 4.74 Å². The Labute approximate surface area is 125 Å². The van der Waals surface area contributed by atoms with Gasteiger partial charge in [0.2, 0.25) is 5.95 Å². The Morgan fingerprint density at radius 3 is 2.76 bits per heavy atom. The highest BCUT2D eigenvalue weighted by Gasteiger charge is 2.30. The number of morpholine rings is 1. The zero-order valence-electron chi connectivity index (χ0n) is 12.5. The number of benzene rings is 1. The first-order valence-electron chi connectivity index (χ1n) is 7.81. The zero-order valence-corrected chi connectivity index (χ0v) is 12.5. The third-order valence-electron chi connectivity index (χ3n) is 4.77. The molecule has 0 N–H and O–H groups in total. The van der Waals surface area contributed by atoms with E-state index in [0.29, 0.717) is 6.04 Å². The number of aromatic nitrogens is 2. The molecular weight excluding hydrogens is 264 g/mol. The molecule has 21 heavy (non-hydrogen) atoms. The van der Waals surface area contributed by atoms with E-state index >= 15 is 0 Å². The van der Waals surface area contributed by atoms with Crippen molar-refractivity contribution in [3.63, 3.8) is 0 Å². The number of anilines is 1. The van der Waals surface area contributed by atoms with Crippen LogP contribution in [0.15, 0.2) is 24.3 Å². The van der Waals surface area contributed by atoms with E-state index in [-0.39, 0.29) is 0 Å². The highest BCUT2D eigenvalue weighted by atomic mass is 16.5. The molecule has 5 nitrogen and oxygen atoms in total. The topological polar surface area (TPSA) is 33.5 Å². The smallest absolute Gasteiger partial charge is 0.206 e. The maximum atomic E-state index is 5.46. The number of hydrogen-bond acceptors (Lipinski definition) is 4. The fourth-order valence-electron chi connectivity index (χ4n) is 3.58. The molecule has 5 heteroatoms. The van der Waals surface area contributed by atoms with Gasteiger partial charge in [0.05, 0.1) is 24.2 Å². The number of fused-ring (bicyclic) bond motifs is 1. The van der Waals surface area contributed by atoms with Gasteiger partial charge >= 0.3 is 0 Å². The molecule has 112 valence electrons. The van der Waals surface area contributed by atoms with Gasteiger partial charge in [-0.05, 0) is 18.6 Å². The molecule has 2 fully saturated rings. The lowest BCUT2D eigenvalue weighted by Gasteiger charge is -2.32. The summed E-state index contributed by atoms with van der Waals surface area (Å²) < 4.78 is 7.68. The van der Waals surface area contributed by atoms with E-state index in [1.54, 1.807) is 0 Å². The molecule has 1 unspecified atom stereocenters. The lowest BCUT2D eigenvalue weighted by Crippen LogP contribution is -2.44. The van der Waals surface area contributed by atoms with Crippen LogP contribution in [0, 0.1) is 0 Å². The lowest BCUT2D eigenvalue weighted by molar-refractivity contribution is 0.0209. The van der Waals surface area contributed by atoms with E-state index in [1.165, 1.54) is 11.9 Å². The van der Waals surface area contributed by atoms with Gasteiger partial charge in [0.15, 0.2) is 0 Å². The molecule has 2 aliphatic heterocycles. The minimum Gasteiger partial charge on any atom is -0.379 e. The summed E-state index contributed by atoms with van der Waals surface area (Å²) in [5.74, 6) is 1.10. The molecule has 2 aromatic rings. The van der Waals surface area contributed by atoms with Crippen molar-refractivity contribution in [2.24, 2.45) is 7.05 Å². The van der Waals surface area contributed by atoms with Crippen molar-refractivity contribution in [3.8, 4) is 0 Å². The van der Waals surface area contributed by atoms with Gasteiger partial charge < -0.3 is 14.2 Å². The maximum absolute atomic E-state index is 5.46. The molecule has 2 saturated heterocycles. The number of imidazole rings is 1. The summed E-state index contributed by atoms with van der Waals surface area (Å²) in [7, 11) is 2.12. The molecule has 0 amide bonds. The van der Waals surface area contributed by atoms with Crippen molar-refractivity contribution in [3.05, 3.63) is 24.3 Å². The lowest BCUT2D eigenvalue weighted by atomic mass is 10.2. The minimum absolute atomic E-state index is 0.647. The first kappa shape index (κ1) is 13.1. The molecular formula is C16H22N4O. The second kappa shape index (κ2) is 5.31. The molecule has 2 aliphatic rings. The summed E-state index contributed by atoms with van der Waals surface area (Å²) in [4.78, 5) is 9.83. The second-order valence-corrected chi connectivity index (χ2v) is 6.00. The van der Waals surface area contributed by atoms with Crippen molar-refractivity contribution >= 4 is 17.0 Å². The summed E-state index contributed by atoms with van der Waals surface area (Å²) in [6, 6.07) is 9.01. The predicted octanol–water partition coefficient (Wildman–Crippen LogP) is 1.48. The number of ether oxygens (including phenoxy) is 1. The molecule has 0 aliphatic carbocycles. The molecule has 0 bridgehead atoms. The molecule has 1 aromatic heterocycles. The van der Waals surface area contributed by atoms with Crippen LogP contribution in [0.25, 0.3) is 11.0 Å². The van der Waals surface area contributed by atoms with Gasteiger partial charge in [0, 0.05) is 39.3 Å². The Hall–Kier alpha value is -1.59. The standard InChI is InChI=1S/C16H22N4O/c1-18-15-5-3-2-4-14(15)17-16(18)20-7-6-13(12-20)19-8-10-21-11-9-19/h2-5,13H,6-12H2,1H3. The molecule has 3 heterocycles. The molecule has 0 saturated carbocycles. The molecule has 0 spiro atoms. The van der Waals surface area contributed by atoms with E-state index in [1.807, 2.05) is 0 Å². The van der Waals surface area contributed by atoms with Crippen molar-refractivity contribution in [1.29, 1.82) is 0 Å². The van der Waals surface area contributed by atoms with Crippen LogP contribution in [0.4, 0.5) is 5.95 Å².